The second-order valence-electron chi connectivity index (χ2n) is 6.47. The normalized spacial score (nSPS) is 36.8. The average molecular weight is 232 g/mol. The summed E-state index contributed by atoms with van der Waals surface area (Å²) in [5, 5.41) is 0. The van der Waals surface area contributed by atoms with E-state index in [-0.39, 0.29) is 5.92 Å². The Balaban J connectivity index is 2.24. The van der Waals surface area contributed by atoms with Gasteiger partial charge in [0, 0.05) is 5.92 Å². The van der Waals surface area contributed by atoms with Crippen molar-refractivity contribution < 1.29 is 4.79 Å². The molecule has 0 N–H and O–H groups in total. The first-order valence-corrected chi connectivity index (χ1v) is 6.74. The number of rotatable bonds is 1. The summed E-state index contributed by atoms with van der Waals surface area (Å²) in [4.78, 5) is 11.8. The van der Waals surface area contributed by atoms with Gasteiger partial charge >= 0.3 is 0 Å². The van der Waals surface area contributed by atoms with Gasteiger partial charge in [-0.2, -0.15) is 0 Å². The first-order chi connectivity index (χ1) is 7.84. The van der Waals surface area contributed by atoms with Gasteiger partial charge in [0.2, 0.25) is 0 Å². The zero-order valence-corrected chi connectivity index (χ0v) is 11.7. The molecular formula is C16H24O. The maximum Gasteiger partial charge on any atom is 0.161 e. The Morgan fingerprint density at radius 2 is 1.94 bits per heavy atom. The molecule has 0 aliphatic heterocycles. The zero-order valence-electron chi connectivity index (χ0n) is 11.7. The topological polar surface area (TPSA) is 17.1 Å². The highest BCUT2D eigenvalue weighted by molar-refractivity contribution is 5.97. The minimum Gasteiger partial charge on any atom is -0.294 e. The summed E-state index contributed by atoms with van der Waals surface area (Å²) >= 11 is 0. The molecule has 17 heavy (non-hydrogen) atoms. The maximum atomic E-state index is 11.8. The number of ketones is 1. The van der Waals surface area contributed by atoms with Crippen LogP contribution in [-0.4, -0.2) is 5.78 Å². The van der Waals surface area contributed by atoms with Gasteiger partial charge in [0.1, 0.15) is 0 Å². The Morgan fingerprint density at radius 1 is 1.29 bits per heavy atom. The molecule has 0 saturated heterocycles. The highest BCUT2D eigenvalue weighted by atomic mass is 16.1. The summed E-state index contributed by atoms with van der Waals surface area (Å²) in [6, 6.07) is 0. The molecule has 0 heterocycles. The van der Waals surface area contributed by atoms with Crippen LogP contribution in [-0.2, 0) is 4.79 Å². The van der Waals surface area contributed by atoms with Gasteiger partial charge < -0.3 is 0 Å². The van der Waals surface area contributed by atoms with Crippen LogP contribution in [0.1, 0.15) is 47.5 Å². The quantitative estimate of drug-likeness (QED) is 0.621. The monoisotopic (exact) mass is 232 g/mol. The minimum absolute atomic E-state index is 0.210. The second-order valence-corrected chi connectivity index (χ2v) is 6.47. The van der Waals surface area contributed by atoms with E-state index in [9.17, 15) is 4.79 Å². The van der Waals surface area contributed by atoms with E-state index >= 15 is 0 Å². The summed E-state index contributed by atoms with van der Waals surface area (Å²) < 4.78 is 0. The maximum absolute atomic E-state index is 11.8. The first-order valence-electron chi connectivity index (χ1n) is 6.74. The molecular weight excluding hydrogens is 208 g/mol. The van der Waals surface area contributed by atoms with Crippen LogP contribution >= 0.6 is 0 Å². The van der Waals surface area contributed by atoms with E-state index < -0.39 is 0 Å². The lowest BCUT2D eigenvalue weighted by atomic mass is 9.66. The van der Waals surface area contributed by atoms with Crippen molar-refractivity contribution in [3.63, 3.8) is 0 Å². The number of carbonyl (C=O) groups excluding carboxylic acids is 1. The smallest absolute Gasteiger partial charge is 0.161 e. The van der Waals surface area contributed by atoms with Crippen LogP contribution in [0.5, 0.6) is 0 Å². The van der Waals surface area contributed by atoms with E-state index in [1.165, 1.54) is 12.0 Å². The van der Waals surface area contributed by atoms with Gasteiger partial charge in [-0.25, -0.2) is 0 Å². The molecule has 2 aliphatic carbocycles. The average Bonchev–Trinajstić information content (AvgIpc) is 2.50. The highest BCUT2D eigenvalue weighted by Crippen LogP contribution is 2.49. The Bertz CT molecular complexity index is 398. The third-order valence-corrected chi connectivity index (χ3v) is 5.06. The molecule has 0 aromatic rings. The van der Waals surface area contributed by atoms with Gasteiger partial charge in [-0.05, 0) is 49.5 Å². The molecule has 3 atom stereocenters. The van der Waals surface area contributed by atoms with Gasteiger partial charge in [-0.1, -0.05) is 38.5 Å². The Kier molecular flexibility index (Phi) is 3.05. The van der Waals surface area contributed by atoms with E-state index in [0.29, 0.717) is 23.0 Å². The lowest BCUT2D eigenvalue weighted by molar-refractivity contribution is -0.119. The molecule has 2 aliphatic rings. The van der Waals surface area contributed by atoms with Crippen molar-refractivity contribution in [1.82, 2.24) is 0 Å². The Hall–Kier alpha value is -0.850. The molecule has 2 rings (SSSR count). The summed E-state index contributed by atoms with van der Waals surface area (Å²) in [6.45, 7) is 11.0. The van der Waals surface area contributed by atoms with E-state index in [0.717, 1.165) is 12.0 Å². The van der Waals surface area contributed by atoms with Crippen LogP contribution in [0.4, 0.5) is 0 Å². The second kappa shape index (κ2) is 4.12. The molecule has 0 aromatic carbocycles. The fourth-order valence-electron chi connectivity index (χ4n) is 3.52. The summed E-state index contributed by atoms with van der Waals surface area (Å²) in [5.74, 6) is 1.81. The molecule has 0 aromatic heterocycles. The van der Waals surface area contributed by atoms with Crippen molar-refractivity contribution in [3.05, 3.63) is 23.3 Å². The number of allylic oxidation sites excluding steroid dienone is 4. The van der Waals surface area contributed by atoms with Crippen molar-refractivity contribution in [3.8, 4) is 0 Å². The van der Waals surface area contributed by atoms with Crippen LogP contribution in [0, 0.1) is 23.2 Å². The van der Waals surface area contributed by atoms with Crippen LogP contribution in [0.3, 0.4) is 0 Å². The predicted molar refractivity (Wildman–Crippen MR) is 71.7 cm³/mol. The summed E-state index contributed by atoms with van der Waals surface area (Å²) in [6.07, 6.45) is 6.83. The van der Waals surface area contributed by atoms with Crippen LogP contribution in [0.15, 0.2) is 23.3 Å². The van der Waals surface area contributed by atoms with Gasteiger partial charge in [-0.3, -0.25) is 4.79 Å². The lowest BCUT2D eigenvalue weighted by Crippen LogP contribution is -2.32. The molecule has 0 radical (unpaired) electrons. The van der Waals surface area contributed by atoms with Crippen molar-refractivity contribution in [1.29, 1.82) is 0 Å². The van der Waals surface area contributed by atoms with Crippen molar-refractivity contribution in [2.45, 2.75) is 47.5 Å². The molecule has 2 unspecified atom stereocenters. The Morgan fingerprint density at radius 3 is 2.41 bits per heavy atom. The summed E-state index contributed by atoms with van der Waals surface area (Å²) in [5.41, 5.74) is 2.79. The largest absolute Gasteiger partial charge is 0.294 e. The Labute approximate surface area is 105 Å². The number of hydrogen-bond acceptors (Lipinski definition) is 1. The van der Waals surface area contributed by atoms with Gasteiger partial charge in [0.15, 0.2) is 5.78 Å². The van der Waals surface area contributed by atoms with Crippen LogP contribution < -0.4 is 0 Å². The summed E-state index contributed by atoms with van der Waals surface area (Å²) in [7, 11) is 0. The number of Topliss-reactive ketones (excluding diaryl/α,β-unsaturated/α-hetero) is 1. The molecule has 0 amide bonds. The minimum atomic E-state index is 0.210. The van der Waals surface area contributed by atoms with Crippen molar-refractivity contribution in [2.24, 2.45) is 23.2 Å². The molecule has 0 spiro atoms. The van der Waals surface area contributed by atoms with E-state index in [2.05, 4.69) is 39.8 Å². The standard InChI is InChI=1S/C16H24O/c1-10-8-13(9-11(2)15(10)17)14-7-6-12(3)16(14,4)5/h6,8,11,13-14H,7,9H2,1-5H3/t11?,13?,14-/m0/s1. The van der Waals surface area contributed by atoms with Crippen LogP contribution in [0.25, 0.3) is 0 Å². The fraction of sp³-hybridized carbons (Fsp3) is 0.688. The van der Waals surface area contributed by atoms with Gasteiger partial charge in [-0.15, -0.1) is 0 Å². The molecule has 0 saturated carbocycles. The lowest BCUT2D eigenvalue weighted by Gasteiger charge is -2.37. The molecule has 0 fully saturated rings. The third kappa shape index (κ3) is 2.00. The molecule has 0 bridgehead atoms. The molecule has 1 heteroatoms. The van der Waals surface area contributed by atoms with Gasteiger partial charge in [0.25, 0.3) is 0 Å². The molecule has 94 valence electrons. The van der Waals surface area contributed by atoms with Crippen molar-refractivity contribution >= 4 is 5.78 Å². The zero-order chi connectivity index (χ0) is 12.8. The van der Waals surface area contributed by atoms with E-state index in [4.69, 9.17) is 0 Å². The third-order valence-electron chi connectivity index (χ3n) is 5.06. The van der Waals surface area contributed by atoms with Crippen molar-refractivity contribution in [2.75, 3.05) is 0 Å². The van der Waals surface area contributed by atoms with E-state index in [1.807, 2.05) is 6.92 Å². The number of carbonyl (C=O) groups is 1. The molecule has 1 nitrogen and oxygen atoms in total. The number of hydrogen-bond donors (Lipinski definition) is 0. The van der Waals surface area contributed by atoms with Gasteiger partial charge in [0.05, 0.1) is 0 Å². The van der Waals surface area contributed by atoms with Crippen LogP contribution in [0.2, 0.25) is 0 Å². The van der Waals surface area contributed by atoms with E-state index in [1.54, 1.807) is 0 Å². The highest BCUT2D eigenvalue weighted by Gasteiger charge is 2.41. The first kappa shape index (κ1) is 12.6. The predicted octanol–water partition coefficient (Wildman–Crippen LogP) is 4.15. The fourth-order valence-corrected chi connectivity index (χ4v) is 3.52. The SMILES string of the molecule is CC1=CC([C@@H]2CC=C(C)C2(C)C)CC(C)C1=O.